The van der Waals surface area contributed by atoms with Gasteiger partial charge in [0.15, 0.2) is 0 Å². The van der Waals surface area contributed by atoms with Crippen molar-refractivity contribution < 1.29 is 55.7 Å². The molecule has 0 saturated carbocycles. The lowest BCUT2D eigenvalue weighted by atomic mass is 9.71. The molecule has 3 heterocycles. The maximum absolute atomic E-state index is 13.1. The molecule has 2 aliphatic heterocycles. The number of benzene rings is 1. The first-order valence-electron chi connectivity index (χ1n) is 11.8. The number of halogens is 6. The van der Waals surface area contributed by atoms with Crippen LogP contribution in [0.5, 0.6) is 0 Å². The van der Waals surface area contributed by atoms with Gasteiger partial charge in [0.05, 0.1) is 11.6 Å². The molecule has 4 rings (SSSR count). The number of carboxylic acids is 2. The summed E-state index contributed by atoms with van der Waals surface area (Å²) in [6.07, 6.45) is -6.45. The number of para-hydroxylation sites is 1. The number of nitrogens with one attached hydrogen (secondary N) is 1. The molecule has 2 aliphatic rings. The van der Waals surface area contributed by atoms with Gasteiger partial charge in [0.25, 0.3) is 0 Å². The summed E-state index contributed by atoms with van der Waals surface area (Å²) in [6.45, 7) is 3.98. The Labute approximate surface area is 224 Å². The number of hydrogen-bond donors (Lipinski definition) is 3. The van der Waals surface area contributed by atoms with Crippen LogP contribution in [0.25, 0.3) is 0 Å². The van der Waals surface area contributed by atoms with E-state index in [2.05, 4.69) is 15.2 Å². The Morgan fingerprint density at radius 2 is 1.45 bits per heavy atom. The van der Waals surface area contributed by atoms with Gasteiger partial charge in [0, 0.05) is 50.1 Å². The Kier molecular flexibility index (Phi) is 11.4. The third-order valence-electron chi connectivity index (χ3n) is 6.16. The number of pyridine rings is 1. The Morgan fingerprint density at radius 1 is 0.925 bits per heavy atom. The highest BCUT2D eigenvalue weighted by atomic mass is 19.4. The maximum atomic E-state index is 13.1. The molecule has 2 aromatic rings. The molecule has 2 saturated heterocycles. The Balaban J connectivity index is 0.000000333. The van der Waals surface area contributed by atoms with Crippen molar-refractivity contribution in [1.29, 1.82) is 0 Å². The van der Waals surface area contributed by atoms with E-state index in [1.165, 1.54) is 0 Å². The number of likely N-dealkylation sites (tertiary alicyclic amines) is 1. The largest absolute Gasteiger partial charge is 0.490 e. The molecule has 1 aromatic carbocycles. The van der Waals surface area contributed by atoms with Crippen LogP contribution in [0.3, 0.4) is 0 Å². The second-order valence-corrected chi connectivity index (χ2v) is 8.98. The highest BCUT2D eigenvalue weighted by Gasteiger charge is 2.50. The zero-order valence-electron chi connectivity index (χ0n) is 20.9. The molecule has 1 aromatic heterocycles. The summed E-state index contributed by atoms with van der Waals surface area (Å²) >= 11 is 0. The highest BCUT2D eigenvalue weighted by Crippen LogP contribution is 2.45. The van der Waals surface area contributed by atoms with Crippen LogP contribution in [-0.4, -0.2) is 76.6 Å². The number of alkyl halides is 6. The van der Waals surface area contributed by atoms with Gasteiger partial charge in [0.1, 0.15) is 0 Å². The molecule has 1 atom stereocenters. The van der Waals surface area contributed by atoms with Gasteiger partial charge in [-0.05, 0) is 37.1 Å². The first-order valence-corrected chi connectivity index (χ1v) is 11.8. The maximum Gasteiger partial charge on any atom is 0.490 e. The molecule has 40 heavy (non-hydrogen) atoms. The first kappa shape index (κ1) is 32.5. The van der Waals surface area contributed by atoms with Crippen LogP contribution in [0.1, 0.15) is 18.5 Å². The molecule has 0 aliphatic carbocycles. The number of aliphatic carboxylic acids is 2. The molecule has 9 nitrogen and oxygen atoms in total. The van der Waals surface area contributed by atoms with Crippen molar-refractivity contribution in [1.82, 2.24) is 9.88 Å². The van der Waals surface area contributed by atoms with E-state index in [0.717, 1.165) is 57.1 Å². The molecule has 15 heteroatoms. The minimum absolute atomic E-state index is 0.00585. The first-order chi connectivity index (χ1) is 18.6. The number of nitrogens with zero attached hydrogens (tertiary/aromatic N) is 2. The van der Waals surface area contributed by atoms with Crippen molar-refractivity contribution in [3.05, 3.63) is 60.4 Å². The lowest BCUT2D eigenvalue weighted by Gasteiger charge is -2.37. The van der Waals surface area contributed by atoms with Crippen molar-refractivity contribution in [2.24, 2.45) is 11.3 Å². The summed E-state index contributed by atoms with van der Waals surface area (Å²) in [5.41, 5.74) is 1.92. The fourth-order valence-corrected chi connectivity index (χ4v) is 4.31. The average molecular weight is 579 g/mol. The number of amides is 1. The van der Waals surface area contributed by atoms with Crippen LogP contribution >= 0.6 is 0 Å². The van der Waals surface area contributed by atoms with E-state index in [0.29, 0.717) is 0 Å². The van der Waals surface area contributed by atoms with Gasteiger partial charge in [-0.2, -0.15) is 26.3 Å². The van der Waals surface area contributed by atoms with Gasteiger partial charge in [-0.1, -0.05) is 24.3 Å². The topological polar surface area (TPSA) is 129 Å². The van der Waals surface area contributed by atoms with Crippen molar-refractivity contribution in [3.63, 3.8) is 0 Å². The fourth-order valence-electron chi connectivity index (χ4n) is 4.31. The average Bonchev–Trinajstić information content (AvgIpc) is 3.22. The van der Waals surface area contributed by atoms with Gasteiger partial charge in [-0.25, -0.2) is 9.59 Å². The number of carboxylic acid groups (broad SMARTS) is 2. The lowest BCUT2D eigenvalue weighted by Crippen LogP contribution is -2.42. The molecule has 1 amide bonds. The van der Waals surface area contributed by atoms with Crippen LogP contribution in [0.2, 0.25) is 0 Å². The van der Waals surface area contributed by atoms with E-state index in [4.69, 9.17) is 24.5 Å². The molecule has 0 bridgehead atoms. The number of ether oxygens (including phenoxy) is 1. The molecule has 1 unspecified atom stereocenters. The predicted octanol–water partition coefficient (Wildman–Crippen LogP) is 4.22. The van der Waals surface area contributed by atoms with E-state index in [1.54, 1.807) is 0 Å². The SMILES string of the molecule is O=C(Nc1ccccc1)C1CN(Cc2ccccn2)CC12CCOCC2.O=C(O)C(F)(F)F.O=C(O)C(F)(F)F. The zero-order chi connectivity index (χ0) is 30.0. The third kappa shape index (κ3) is 10.1. The van der Waals surface area contributed by atoms with Crippen LogP contribution < -0.4 is 5.32 Å². The van der Waals surface area contributed by atoms with E-state index in [-0.39, 0.29) is 17.2 Å². The van der Waals surface area contributed by atoms with E-state index < -0.39 is 24.3 Å². The number of rotatable bonds is 4. The summed E-state index contributed by atoms with van der Waals surface area (Å²) in [5, 5.41) is 17.4. The molecule has 1 spiro atoms. The van der Waals surface area contributed by atoms with Crippen LogP contribution in [0.4, 0.5) is 32.0 Å². The zero-order valence-corrected chi connectivity index (χ0v) is 20.9. The van der Waals surface area contributed by atoms with Gasteiger partial charge in [0.2, 0.25) is 5.91 Å². The second-order valence-electron chi connectivity index (χ2n) is 8.98. The molecular weight excluding hydrogens is 552 g/mol. The van der Waals surface area contributed by atoms with Crippen LogP contribution in [0, 0.1) is 11.3 Å². The number of anilines is 1. The van der Waals surface area contributed by atoms with E-state index >= 15 is 0 Å². The normalized spacial score (nSPS) is 18.5. The standard InChI is InChI=1S/C21H25N3O2.2C2HF3O2/c25-20(23-17-6-2-1-3-7-17)19-15-24(14-18-8-4-5-11-22-18)16-21(19)9-12-26-13-10-21;2*3-2(4,5)1(6)7/h1-8,11,19H,9-10,12-16H2,(H,23,25);2*(H,6,7). The van der Waals surface area contributed by atoms with Gasteiger partial charge < -0.3 is 20.3 Å². The minimum atomic E-state index is -5.08. The summed E-state index contributed by atoms with van der Waals surface area (Å²) in [6, 6.07) is 15.7. The number of hydrogen-bond acceptors (Lipinski definition) is 6. The molecular formula is C25H27F6N3O6. The van der Waals surface area contributed by atoms with E-state index in [1.807, 2.05) is 54.7 Å². The predicted molar refractivity (Wildman–Crippen MR) is 128 cm³/mol. The fraction of sp³-hybridized carbons (Fsp3) is 0.440. The Hall–Kier alpha value is -3.72. The highest BCUT2D eigenvalue weighted by molar-refractivity contribution is 5.93. The monoisotopic (exact) mass is 579 g/mol. The third-order valence-corrected chi connectivity index (χ3v) is 6.16. The lowest BCUT2D eigenvalue weighted by molar-refractivity contribution is -0.193. The number of aromatic nitrogens is 1. The van der Waals surface area contributed by atoms with Crippen molar-refractivity contribution in [2.45, 2.75) is 31.7 Å². The van der Waals surface area contributed by atoms with Crippen molar-refractivity contribution in [2.75, 3.05) is 31.6 Å². The van der Waals surface area contributed by atoms with Crippen LogP contribution in [-0.2, 0) is 25.7 Å². The Morgan fingerprint density at radius 3 is 1.93 bits per heavy atom. The van der Waals surface area contributed by atoms with Gasteiger partial charge >= 0.3 is 24.3 Å². The molecule has 3 N–H and O–H groups in total. The molecule has 2 fully saturated rings. The summed E-state index contributed by atoms with van der Waals surface area (Å²) < 4.78 is 69.1. The smallest absolute Gasteiger partial charge is 0.475 e. The van der Waals surface area contributed by atoms with Crippen molar-refractivity contribution >= 4 is 23.5 Å². The van der Waals surface area contributed by atoms with E-state index in [9.17, 15) is 31.1 Å². The molecule has 0 radical (unpaired) electrons. The second kappa shape index (κ2) is 14.1. The summed E-state index contributed by atoms with van der Waals surface area (Å²) in [4.78, 5) is 37.7. The van der Waals surface area contributed by atoms with Crippen molar-refractivity contribution in [3.8, 4) is 0 Å². The summed E-state index contributed by atoms with van der Waals surface area (Å²) in [5.74, 6) is -5.41. The van der Waals surface area contributed by atoms with Crippen LogP contribution in [0.15, 0.2) is 54.7 Å². The van der Waals surface area contributed by atoms with Gasteiger partial charge in [-0.15, -0.1) is 0 Å². The van der Waals surface area contributed by atoms with Gasteiger partial charge in [-0.3, -0.25) is 14.7 Å². The number of carbonyl (C=O) groups excluding carboxylic acids is 1. The summed E-state index contributed by atoms with van der Waals surface area (Å²) in [7, 11) is 0. The molecule has 220 valence electrons. The minimum Gasteiger partial charge on any atom is -0.475 e. The Bertz CT molecular complexity index is 1090. The number of carbonyl (C=O) groups is 3. The quantitative estimate of drug-likeness (QED) is 0.460.